The van der Waals surface area contributed by atoms with Crippen LogP contribution in [-0.2, 0) is 9.59 Å². The number of carbonyl (C=O) groups excluding carboxylic acids is 1. The monoisotopic (exact) mass is 295 g/mol. The molecule has 0 unspecified atom stereocenters. The highest BCUT2D eigenvalue weighted by Crippen LogP contribution is 2.67. The first-order valence-corrected chi connectivity index (χ1v) is 6.74. The number of nitrogens with one attached hydrogen (secondary N) is 1. The van der Waals surface area contributed by atoms with Crippen molar-refractivity contribution in [3.63, 3.8) is 0 Å². The van der Waals surface area contributed by atoms with E-state index in [1.165, 1.54) is 0 Å². The zero-order chi connectivity index (χ0) is 14.4. The fourth-order valence-electron chi connectivity index (χ4n) is 3.16. The van der Waals surface area contributed by atoms with Gasteiger partial charge in [-0.05, 0) is 43.5 Å². The van der Waals surface area contributed by atoms with Crippen molar-refractivity contribution in [3.05, 3.63) is 29.3 Å². The molecule has 2 N–H and O–H groups in total. The van der Waals surface area contributed by atoms with E-state index in [-0.39, 0.29) is 18.1 Å². The van der Waals surface area contributed by atoms with Gasteiger partial charge in [-0.2, -0.15) is 0 Å². The van der Waals surface area contributed by atoms with Gasteiger partial charge in [0.05, 0.1) is 5.41 Å². The summed E-state index contributed by atoms with van der Waals surface area (Å²) in [5.41, 5.74) is -0.886. The maximum absolute atomic E-state index is 11.8. The van der Waals surface area contributed by atoms with Gasteiger partial charge in [0, 0.05) is 10.6 Å². The molecule has 106 valence electrons. The SMILES string of the molecule is O=C(COc1ccc(Cl)cc1)NC12CC(C(=O)O)(C1)C2. The number of carboxylic acid groups (broad SMARTS) is 1. The standard InChI is InChI=1S/C14H14ClNO4/c15-9-1-3-10(4-2-9)20-5-11(17)16-14-6-13(7-14,8-14)12(18)19/h1-4H,5-8H2,(H,16,17)(H,18,19). The third-order valence-electron chi connectivity index (χ3n) is 4.07. The van der Waals surface area contributed by atoms with E-state index < -0.39 is 11.4 Å². The average molecular weight is 296 g/mol. The number of benzene rings is 1. The molecule has 5 nitrogen and oxygen atoms in total. The molecule has 3 saturated carbocycles. The molecule has 1 aromatic carbocycles. The molecule has 20 heavy (non-hydrogen) atoms. The lowest BCUT2D eigenvalue weighted by Crippen LogP contribution is -2.77. The van der Waals surface area contributed by atoms with E-state index in [9.17, 15) is 9.59 Å². The Morgan fingerprint density at radius 3 is 2.40 bits per heavy atom. The lowest BCUT2D eigenvalue weighted by Gasteiger charge is -2.67. The second kappa shape index (κ2) is 4.38. The number of rotatable bonds is 5. The van der Waals surface area contributed by atoms with Crippen molar-refractivity contribution in [2.75, 3.05) is 6.61 Å². The molecule has 0 saturated heterocycles. The average Bonchev–Trinajstić information content (AvgIpc) is 2.30. The normalized spacial score (nSPS) is 29.9. The minimum atomic E-state index is -0.758. The summed E-state index contributed by atoms with van der Waals surface area (Å²) in [4.78, 5) is 22.7. The van der Waals surface area contributed by atoms with Gasteiger partial charge in [0.25, 0.3) is 5.91 Å². The van der Waals surface area contributed by atoms with Gasteiger partial charge >= 0.3 is 5.97 Å². The van der Waals surface area contributed by atoms with Gasteiger partial charge in [0.1, 0.15) is 5.75 Å². The summed E-state index contributed by atoms with van der Waals surface area (Å²) in [6.45, 7) is -0.0799. The molecule has 2 bridgehead atoms. The molecule has 1 aromatic rings. The van der Waals surface area contributed by atoms with E-state index in [0.717, 1.165) is 0 Å². The maximum Gasteiger partial charge on any atom is 0.309 e. The molecule has 0 radical (unpaired) electrons. The molecule has 4 rings (SSSR count). The number of carbonyl (C=O) groups is 2. The van der Waals surface area contributed by atoms with Crippen molar-refractivity contribution >= 4 is 23.5 Å². The quantitative estimate of drug-likeness (QED) is 0.869. The number of hydrogen-bond acceptors (Lipinski definition) is 3. The summed E-state index contributed by atoms with van der Waals surface area (Å²) >= 11 is 5.75. The fourth-order valence-corrected chi connectivity index (χ4v) is 3.28. The van der Waals surface area contributed by atoms with Crippen LogP contribution in [0, 0.1) is 5.41 Å². The third kappa shape index (κ3) is 2.12. The van der Waals surface area contributed by atoms with E-state index in [1.54, 1.807) is 24.3 Å². The molecule has 3 aliphatic rings. The number of carboxylic acids is 1. The van der Waals surface area contributed by atoms with Crippen LogP contribution in [0.15, 0.2) is 24.3 Å². The van der Waals surface area contributed by atoms with Gasteiger partial charge < -0.3 is 15.2 Å². The Balaban J connectivity index is 1.45. The van der Waals surface area contributed by atoms with E-state index in [2.05, 4.69) is 5.32 Å². The van der Waals surface area contributed by atoms with Crippen LogP contribution in [0.4, 0.5) is 0 Å². The zero-order valence-corrected chi connectivity index (χ0v) is 11.4. The molecule has 0 atom stereocenters. The summed E-state index contributed by atoms with van der Waals surface area (Å²) in [7, 11) is 0. The van der Waals surface area contributed by atoms with E-state index in [1.807, 2.05) is 0 Å². The Morgan fingerprint density at radius 1 is 1.25 bits per heavy atom. The highest BCUT2D eigenvalue weighted by Gasteiger charge is 2.72. The van der Waals surface area contributed by atoms with Crippen LogP contribution < -0.4 is 10.1 Å². The summed E-state index contributed by atoms with van der Waals surface area (Å²) in [5, 5.41) is 12.5. The number of halogens is 1. The van der Waals surface area contributed by atoms with Crippen molar-refractivity contribution in [2.45, 2.75) is 24.8 Å². The van der Waals surface area contributed by atoms with Crippen LogP contribution in [-0.4, -0.2) is 29.1 Å². The van der Waals surface area contributed by atoms with Crippen molar-refractivity contribution in [1.82, 2.24) is 5.32 Å². The Morgan fingerprint density at radius 2 is 1.85 bits per heavy atom. The summed E-state index contributed by atoms with van der Waals surface area (Å²) in [5.74, 6) is -0.408. The first kappa shape index (κ1) is 13.2. The van der Waals surface area contributed by atoms with Gasteiger partial charge in [0.15, 0.2) is 6.61 Å². The lowest BCUT2D eigenvalue weighted by atomic mass is 9.39. The molecule has 0 heterocycles. The molecular weight excluding hydrogens is 282 g/mol. The van der Waals surface area contributed by atoms with Crippen LogP contribution in [0.5, 0.6) is 5.75 Å². The first-order chi connectivity index (χ1) is 9.43. The van der Waals surface area contributed by atoms with Gasteiger partial charge in [-0.25, -0.2) is 0 Å². The van der Waals surface area contributed by atoms with E-state index >= 15 is 0 Å². The van der Waals surface area contributed by atoms with Crippen LogP contribution in [0.25, 0.3) is 0 Å². The third-order valence-corrected chi connectivity index (χ3v) is 4.32. The minimum absolute atomic E-state index is 0.0799. The predicted molar refractivity (Wildman–Crippen MR) is 71.7 cm³/mol. The molecule has 3 aliphatic carbocycles. The number of hydrogen-bond donors (Lipinski definition) is 2. The van der Waals surface area contributed by atoms with Gasteiger partial charge in [-0.15, -0.1) is 0 Å². The molecule has 0 spiro atoms. The van der Waals surface area contributed by atoms with E-state index in [4.69, 9.17) is 21.4 Å². The van der Waals surface area contributed by atoms with Gasteiger partial charge in [-0.1, -0.05) is 11.6 Å². The molecular formula is C14H14ClNO4. The second-order valence-electron chi connectivity index (χ2n) is 5.69. The smallest absolute Gasteiger partial charge is 0.309 e. The molecule has 6 heteroatoms. The number of aliphatic carboxylic acids is 1. The lowest BCUT2D eigenvalue weighted by molar-refractivity contribution is -0.200. The van der Waals surface area contributed by atoms with Crippen molar-refractivity contribution in [1.29, 1.82) is 0 Å². The highest BCUT2D eigenvalue weighted by atomic mass is 35.5. The highest BCUT2D eigenvalue weighted by molar-refractivity contribution is 6.30. The van der Waals surface area contributed by atoms with Crippen LogP contribution >= 0.6 is 11.6 Å². The zero-order valence-electron chi connectivity index (χ0n) is 10.7. The number of ether oxygens (including phenoxy) is 1. The van der Waals surface area contributed by atoms with Gasteiger partial charge in [-0.3, -0.25) is 9.59 Å². The van der Waals surface area contributed by atoms with Crippen molar-refractivity contribution in [2.24, 2.45) is 5.41 Å². The molecule has 0 aromatic heterocycles. The Bertz CT molecular complexity index is 549. The second-order valence-corrected chi connectivity index (χ2v) is 6.12. The van der Waals surface area contributed by atoms with E-state index in [0.29, 0.717) is 30.0 Å². The first-order valence-electron chi connectivity index (χ1n) is 6.36. The Labute approximate surface area is 120 Å². The van der Waals surface area contributed by atoms with Crippen molar-refractivity contribution < 1.29 is 19.4 Å². The van der Waals surface area contributed by atoms with Gasteiger partial charge in [0.2, 0.25) is 0 Å². The predicted octanol–water partition coefficient (Wildman–Crippen LogP) is 1.84. The summed E-state index contributed by atoms with van der Waals surface area (Å²) in [6, 6.07) is 6.76. The van der Waals surface area contributed by atoms with Crippen LogP contribution in [0.1, 0.15) is 19.3 Å². The largest absolute Gasteiger partial charge is 0.484 e. The molecule has 0 aliphatic heterocycles. The van der Waals surface area contributed by atoms with Crippen LogP contribution in [0.2, 0.25) is 5.02 Å². The Hall–Kier alpha value is -1.75. The topological polar surface area (TPSA) is 75.6 Å². The maximum atomic E-state index is 11.8. The summed E-state index contributed by atoms with van der Waals surface area (Å²) in [6.07, 6.45) is 1.59. The van der Waals surface area contributed by atoms with Crippen molar-refractivity contribution in [3.8, 4) is 5.75 Å². The number of amides is 1. The minimum Gasteiger partial charge on any atom is -0.484 e. The molecule has 1 amide bonds. The van der Waals surface area contributed by atoms with Crippen LogP contribution in [0.3, 0.4) is 0 Å². The summed E-state index contributed by atoms with van der Waals surface area (Å²) < 4.78 is 5.34. The molecule has 3 fully saturated rings. The Kier molecular flexibility index (Phi) is 2.90. The fraction of sp³-hybridized carbons (Fsp3) is 0.429.